The van der Waals surface area contributed by atoms with Crippen molar-refractivity contribution >= 4 is 54.4 Å². The lowest BCUT2D eigenvalue weighted by atomic mass is 10.2. The van der Waals surface area contributed by atoms with Gasteiger partial charge in [0.15, 0.2) is 0 Å². The fourth-order valence-corrected chi connectivity index (χ4v) is 2.03. The predicted molar refractivity (Wildman–Crippen MR) is 62.1 cm³/mol. The van der Waals surface area contributed by atoms with Crippen molar-refractivity contribution in [1.82, 2.24) is 4.98 Å². The Labute approximate surface area is 102 Å². The molecule has 1 aromatic carbocycles. The molecule has 0 bridgehead atoms. The highest BCUT2D eigenvalue weighted by molar-refractivity contribution is 9.13. The smallest absolute Gasteiger partial charge is 0.143 e. The zero-order valence-electron chi connectivity index (χ0n) is 6.69. The Balaban J connectivity index is 2.89. The van der Waals surface area contributed by atoms with Crippen LogP contribution in [0.15, 0.2) is 27.3 Å². The topological polar surface area (TPSA) is 12.9 Å². The van der Waals surface area contributed by atoms with E-state index >= 15 is 0 Å². The van der Waals surface area contributed by atoms with Crippen molar-refractivity contribution in [1.29, 1.82) is 0 Å². The molecule has 2 aromatic rings. The van der Waals surface area contributed by atoms with Gasteiger partial charge < -0.3 is 0 Å². The minimum atomic E-state index is -0.458. The molecule has 0 unspecified atom stereocenters. The summed E-state index contributed by atoms with van der Waals surface area (Å²) in [5.74, 6) is -0.458. The number of pyridine rings is 1. The fourth-order valence-electron chi connectivity index (χ4n) is 1.13. The first kappa shape index (κ1) is 10.3. The maximum Gasteiger partial charge on any atom is 0.143 e. The molecule has 2 rings (SSSR count). The molecule has 0 N–H and O–H groups in total. The average molecular weight is 339 g/mol. The van der Waals surface area contributed by atoms with Crippen molar-refractivity contribution in [2.24, 2.45) is 0 Å². The lowest BCUT2D eigenvalue weighted by Gasteiger charge is -2.03. The lowest BCUT2D eigenvalue weighted by molar-refractivity contribution is 0.630. The van der Waals surface area contributed by atoms with E-state index in [1.54, 1.807) is 12.3 Å². The van der Waals surface area contributed by atoms with Crippen LogP contribution in [0.1, 0.15) is 0 Å². The molecule has 0 atom stereocenters. The number of hydrogen-bond donors (Lipinski definition) is 0. The zero-order chi connectivity index (χ0) is 10.3. The van der Waals surface area contributed by atoms with Crippen molar-refractivity contribution in [3.63, 3.8) is 0 Å². The Kier molecular flexibility index (Phi) is 2.77. The Morgan fingerprint density at radius 1 is 1.29 bits per heavy atom. The van der Waals surface area contributed by atoms with Crippen LogP contribution >= 0.6 is 43.5 Å². The Hall–Kier alpha value is -0.190. The molecular weight excluding hydrogens is 336 g/mol. The molecule has 0 aliphatic carbocycles. The fraction of sp³-hybridized carbons (Fsp3) is 0. The van der Waals surface area contributed by atoms with E-state index < -0.39 is 5.82 Å². The van der Waals surface area contributed by atoms with Gasteiger partial charge in [0, 0.05) is 22.1 Å². The van der Waals surface area contributed by atoms with Crippen molar-refractivity contribution in [3.8, 4) is 0 Å². The third-order valence-corrected chi connectivity index (χ3v) is 4.08. The Morgan fingerprint density at radius 3 is 2.71 bits per heavy atom. The SMILES string of the molecule is Fc1cc2ncc(Br)c(Br)c2cc1Cl. The summed E-state index contributed by atoms with van der Waals surface area (Å²) < 4.78 is 14.7. The molecule has 1 nitrogen and oxygen atoms in total. The summed E-state index contributed by atoms with van der Waals surface area (Å²) in [4.78, 5) is 4.07. The molecule has 0 amide bonds. The summed E-state index contributed by atoms with van der Waals surface area (Å²) in [6.45, 7) is 0. The Morgan fingerprint density at radius 2 is 2.00 bits per heavy atom. The van der Waals surface area contributed by atoms with E-state index in [1.807, 2.05) is 0 Å². The highest BCUT2D eigenvalue weighted by Gasteiger charge is 2.08. The molecule has 0 aliphatic rings. The first-order chi connectivity index (χ1) is 6.59. The van der Waals surface area contributed by atoms with Crippen molar-refractivity contribution in [2.45, 2.75) is 0 Å². The summed E-state index contributed by atoms with van der Waals surface area (Å²) in [5, 5.41) is 0.879. The molecule has 0 saturated carbocycles. The summed E-state index contributed by atoms with van der Waals surface area (Å²) >= 11 is 12.4. The zero-order valence-corrected chi connectivity index (χ0v) is 10.6. The predicted octanol–water partition coefficient (Wildman–Crippen LogP) is 4.55. The number of benzene rings is 1. The maximum absolute atomic E-state index is 13.1. The molecule has 1 aromatic heterocycles. The number of fused-ring (bicyclic) bond motifs is 1. The molecule has 72 valence electrons. The lowest BCUT2D eigenvalue weighted by Crippen LogP contribution is -1.85. The van der Waals surface area contributed by atoms with Crippen LogP contribution in [0.5, 0.6) is 0 Å². The van der Waals surface area contributed by atoms with Crippen molar-refractivity contribution < 1.29 is 4.39 Å². The maximum atomic E-state index is 13.1. The van der Waals surface area contributed by atoms with Gasteiger partial charge in [-0.2, -0.15) is 0 Å². The molecule has 0 saturated heterocycles. The number of rotatable bonds is 0. The van der Waals surface area contributed by atoms with Crippen molar-refractivity contribution in [3.05, 3.63) is 38.1 Å². The highest BCUT2D eigenvalue weighted by atomic mass is 79.9. The first-order valence-electron chi connectivity index (χ1n) is 3.68. The quantitative estimate of drug-likeness (QED) is 0.686. The number of hydrogen-bond acceptors (Lipinski definition) is 1. The third kappa shape index (κ3) is 1.66. The van der Waals surface area contributed by atoms with E-state index in [2.05, 4.69) is 36.8 Å². The van der Waals surface area contributed by atoms with E-state index in [0.29, 0.717) is 5.52 Å². The summed E-state index contributed by atoms with van der Waals surface area (Å²) in [7, 11) is 0. The third-order valence-electron chi connectivity index (χ3n) is 1.80. The van der Waals surface area contributed by atoms with Gasteiger partial charge in [-0.05, 0) is 37.9 Å². The second kappa shape index (κ2) is 3.76. The van der Waals surface area contributed by atoms with Crippen LogP contribution < -0.4 is 0 Å². The Bertz CT molecular complexity index is 516. The minimum Gasteiger partial charge on any atom is -0.255 e. The standard InChI is InChI=1S/C9H3Br2ClFN/c10-5-3-14-8-2-7(13)6(12)1-4(8)9(5)11/h1-3H. The van der Waals surface area contributed by atoms with Gasteiger partial charge in [0.2, 0.25) is 0 Å². The van der Waals surface area contributed by atoms with Gasteiger partial charge in [0.1, 0.15) is 5.82 Å². The molecule has 1 heterocycles. The minimum absolute atomic E-state index is 0.0955. The van der Waals surface area contributed by atoms with Crippen LogP contribution in [-0.2, 0) is 0 Å². The van der Waals surface area contributed by atoms with Gasteiger partial charge in [-0.25, -0.2) is 4.39 Å². The van der Waals surface area contributed by atoms with Gasteiger partial charge in [0.25, 0.3) is 0 Å². The largest absolute Gasteiger partial charge is 0.255 e. The summed E-state index contributed by atoms with van der Waals surface area (Å²) in [6, 6.07) is 2.86. The van der Waals surface area contributed by atoms with E-state index in [0.717, 1.165) is 14.3 Å². The summed E-state index contributed by atoms with van der Waals surface area (Å²) in [5.41, 5.74) is 0.571. The van der Waals surface area contributed by atoms with Gasteiger partial charge in [-0.15, -0.1) is 0 Å². The van der Waals surface area contributed by atoms with Crippen LogP contribution in [0.3, 0.4) is 0 Å². The number of aromatic nitrogens is 1. The number of halogens is 4. The van der Waals surface area contributed by atoms with E-state index in [9.17, 15) is 4.39 Å². The molecular formula is C9H3Br2ClFN. The highest BCUT2D eigenvalue weighted by Crippen LogP contribution is 2.32. The van der Waals surface area contributed by atoms with Crippen molar-refractivity contribution in [2.75, 3.05) is 0 Å². The van der Waals surface area contributed by atoms with Crippen LogP contribution in [0, 0.1) is 5.82 Å². The van der Waals surface area contributed by atoms with Crippen LogP contribution in [0.4, 0.5) is 4.39 Å². The second-order valence-electron chi connectivity index (χ2n) is 2.70. The van der Waals surface area contributed by atoms with Crippen LogP contribution in [0.25, 0.3) is 10.9 Å². The summed E-state index contributed by atoms with van der Waals surface area (Å²) in [6.07, 6.45) is 1.61. The molecule has 0 spiro atoms. The monoisotopic (exact) mass is 337 g/mol. The van der Waals surface area contributed by atoms with Gasteiger partial charge in [-0.1, -0.05) is 11.6 Å². The van der Waals surface area contributed by atoms with Gasteiger partial charge in [-0.3, -0.25) is 4.98 Å². The van der Waals surface area contributed by atoms with Gasteiger partial charge >= 0.3 is 0 Å². The van der Waals surface area contributed by atoms with Crippen LogP contribution in [-0.4, -0.2) is 4.98 Å². The second-order valence-corrected chi connectivity index (χ2v) is 4.76. The van der Waals surface area contributed by atoms with Gasteiger partial charge in [0.05, 0.1) is 15.0 Å². The number of nitrogens with zero attached hydrogens (tertiary/aromatic N) is 1. The van der Waals surface area contributed by atoms with E-state index in [1.165, 1.54) is 6.07 Å². The van der Waals surface area contributed by atoms with E-state index in [4.69, 9.17) is 11.6 Å². The molecule has 0 fully saturated rings. The molecule has 14 heavy (non-hydrogen) atoms. The van der Waals surface area contributed by atoms with E-state index in [-0.39, 0.29) is 5.02 Å². The molecule has 5 heteroatoms. The van der Waals surface area contributed by atoms with Crippen LogP contribution in [0.2, 0.25) is 5.02 Å². The average Bonchev–Trinajstić information content (AvgIpc) is 2.15. The first-order valence-corrected chi connectivity index (χ1v) is 5.65. The molecule has 0 radical (unpaired) electrons. The molecule has 0 aliphatic heterocycles. The normalized spacial score (nSPS) is 10.9.